The maximum Gasteiger partial charge on any atom is 0.338 e. The van der Waals surface area contributed by atoms with Gasteiger partial charge in [-0.1, -0.05) is 12.6 Å². The zero-order valence-electron chi connectivity index (χ0n) is 17.2. The van der Waals surface area contributed by atoms with Crippen molar-refractivity contribution in [3.8, 4) is 17.6 Å². The van der Waals surface area contributed by atoms with E-state index in [-0.39, 0.29) is 23.6 Å². The summed E-state index contributed by atoms with van der Waals surface area (Å²) in [7, 11) is 0. The van der Waals surface area contributed by atoms with E-state index in [1.165, 1.54) is 0 Å². The summed E-state index contributed by atoms with van der Waals surface area (Å²) < 4.78 is 22.1. The third-order valence-corrected chi connectivity index (χ3v) is 4.18. The Kier molecular flexibility index (Phi) is 7.32. The van der Waals surface area contributed by atoms with E-state index < -0.39 is 11.9 Å². The van der Waals surface area contributed by atoms with Crippen LogP contribution in [0, 0.1) is 11.3 Å². The molecule has 1 unspecified atom stereocenters. The van der Waals surface area contributed by atoms with Gasteiger partial charge < -0.3 is 24.7 Å². The van der Waals surface area contributed by atoms with Gasteiger partial charge in [0.05, 0.1) is 24.7 Å². The fraction of sp³-hybridized carbons (Fsp3) is 0.364. The van der Waals surface area contributed by atoms with Crippen molar-refractivity contribution in [1.82, 2.24) is 0 Å². The predicted molar refractivity (Wildman–Crippen MR) is 108 cm³/mol. The number of nitrogens with two attached hydrogens (primary N) is 1. The minimum atomic E-state index is -0.734. The number of nitrogens with zero attached hydrogens (tertiary/aromatic N) is 1. The number of rotatable bonds is 8. The molecule has 2 N–H and O–H groups in total. The molecule has 0 bridgehead atoms. The van der Waals surface area contributed by atoms with E-state index >= 15 is 0 Å². The van der Waals surface area contributed by atoms with Crippen molar-refractivity contribution in [1.29, 1.82) is 5.26 Å². The number of carbonyl (C=O) groups is 1. The van der Waals surface area contributed by atoms with E-state index in [0.717, 1.165) is 5.57 Å². The lowest BCUT2D eigenvalue weighted by atomic mass is 9.83. The number of ether oxygens (including phenoxy) is 4. The third-order valence-electron chi connectivity index (χ3n) is 4.18. The molecular formula is C22H26N2O5. The summed E-state index contributed by atoms with van der Waals surface area (Å²) in [4.78, 5) is 12.6. The highest BCUT2D eigenvalue weighted by atomic mass is 16.5. The molecule has 1 heterocycles. The van der Waals surface area contributed by atoms with Crippen molar-refractivity contribution in [2.75, 3.05) is 19.8 Å². The van der Waals surface area contributed by atoms with Gasteiger partial charge in [-0.2, -0.15) is 5.26 Å². The molecule has 0 saturated carbocycles. The Balaban J connectivity index is 2.58. The monoisotopic (exact) mass is 398 g/mol. The smallest absolute Gasteiger partial charge is 0.338 e. The summed E-state index contributed by atoms with van der Waals surface area (Å²) >= 11 is 0. The first-order chi connectivity index (χ1) is 13.8. The summed E-state index contributed by atoms with van der Waals surface area (Å²) in [6.07, 6.45) is 0. The van der Waals surface area contributed by atoms with Gasteiger partial charge in [0.25, 0.3) is 0 Å². The van der Waals surface area contributed by atoms with Gasteiger partial charge in [0.1, 0.15) is 24.0 Å². The number of hydrogen-bond acceptors (Lipinski definition) is 7. The highest BCUT2D eigenvalue weighted by Crippen LogP contribution is 2.42. The van der Waals surface area contributed by atoms with E-state index in [1.54, 1.807) is 32.0 Å². The minimum Gasteiger partial charge on any atom is -0.490 e. The molecule has 0 aliphatic carbocycles. The lowest BCUT2D eigenvalue weighted by Gasteiger charge is -2.27. The quantitative estimate of drug-likeness (QED) is 0.526. The molecule has 7 heteroatoms. The van der Waals surface area contributed by atoms with Crippen molar-refractivity contribution < 1.29 is 23.7 Å². The van der Waals surface area contributed by atoms with Crippen LogP contribution < -0.4 is 15.2 Å². The zero-order valence-corrected chi connectivity index (χ0v) is 17.2. The molecular weight excluding hydrogens is 372 g/mol. The van der Waals surface area contributed by atoms with Gasteiger partial charge in [-0.05, 0) is 51.0 Å². The molecule has 0 saturated heterocycles. The van der Waals surface area contributed by atoms with Gasteiger partial charge >= 0.3 is 5.97 Å². The minimum absolute atomic E-state index is 0.0383. The van der Waals surface area contributed by atoms with Gasteiger partial charge in [-0.3, -0.25) is 0 Å². The molecule has 0 amide bonds. The van der Waals surface area contributed by atoms with Crippen LogP contribution in [0.4, 0.5) is 0 Å². The normalized spacial score (nSPS) is 16.0. The van der Waals surface area contributed by atoms with Gasteiger partial charge in [0.15, 0.2) is 11.5 Å². The molecule has 2 rings (SSSR count). The highest BCUT2D eigenvalue weighted by Gasteiger charge is 2.36. The average Bonchev–Trinajstić information content (AvgIpc) is 2.66. The van der Waals surface area contributed by atoms with E-state index in [1.807, 2.05) is 13.8 Å². The number of nitriles is 1. The molecule has 154 valence electrons. The average molecular weight is 398 g/mol. The Bertz CT molecular complexity index is 908. The summed E-state index contributed by atoms with van der Waals surface area (Å²) in [5, 5.41) is 9.67. The Morgan fingerprint density at radius 1 is 1.28 bits per heavy atom. The van der Waals surface area contributed by atoms with Gasteiger partial charge in [0, 0.05) is 0 Å². The van der Waals surface area contributed by atoms with Crippen LogP contribution in [-0.4, -0.2) is 25.8 Å². The second-order valence-electron chi connectivity index (χ2n) is 6.50. The lowest BCUT2D eigenvalue weighted by molar-refractivity contribution is -0.139. The third kappa shape index (κ3) is 4.91. The van der Waals surface area contributed by atoms with Crippen LogP contribution in [0.15, 0.2) is 53.1 Å². The van der Waals surface area contributed by atoms with Crippen molar-refractivity contribution in [2.24, 2.45) is 5.73 Å². The first-order valence-corrected chi connectivity index (χ1v) is 9.33. The molecule has 1 aliphatic heterocycles. The number of allylic oxidation sites excluding steroid dienone is 2. The maximum absolute atomic E-state index is 12.6. The molecule has 0 radical (unpaired) electrons. The van der Waals surface area contributed by atoms with Crippen LogP contribution >= 0.6 is 0 Å². The second-order valence-corrected chi connectivity index (χ2v) is 6.50. The van der Waals surface area contributed by atoms with E-state index in [9.17, 15) is 10.1 Å². The predicted octanol–water partition coefficient (Wildman–Crippen LogP) is 3.68. The topological polar surface area (TPSA) is 104 Å². The van der Waals surface area contributed by atoms with Crippen LogP contribution in [0.5, 0.6) is 11.5 Å². The highest BCUT2D eigenvalue weighted by molar-refractivity contribution is 5.92. The lowest BCUT2D eigenvalue weighted by Crippen LogP contribution is -2.25. The SMILES string of the molecule is C=C(C)COc1ccc(C2C(C#N)=C(N)OC(C)=C2C(=O)OCC)cc1OCC. The summed E-state index contributed by atoms with van der Waals surface area (Å²) in [6, 6.07) is 7.31. The first kappa shape index (κ1) is 21.9. The van der Waals surface area contributed by atoms with Gasteiger partial charge in [-0.25, -0.2) is 4.79 Å². The first-order valence-electron chi connectivity index (χ1n) is 9.33. The van der Waals surface area contributed by atoms with Crippen molar-refractivity contribution in [2.45, 2.75) is 33.6 Å². The van der Waals surface area contributed by atoms with Crippen LogP contribution in [0.25, 0.3) is 0 Å². The van der Waals surface area contributed by atoms with Crippen molar-refractivity contribution >= 4 is 5.97 Å². The largest absolute Gasteiger partial charge is 0.490 e. The van der Waals surface area contributed by atoms with E-state index in [0.29, 0.717) is 36.0 Å². The molecule has 1 aliphatic rings. The fourth-order valence-corrected chi connectivity index (χ4v) is 2.98. The van der Waals surface area contributed by atoms with Crippen LogP contribution in [0.1, 0.15) is 39.2 Å². The molecule has 7 nitrogen and oxygen atoms in total. The molecule has 0 fully saturated rings. The number of hydrogen-bond donors (Lipinski definition) is 1. The Morgan fingerprint density at radius 2 is 2.00 bits per heavy atom. The molecule has 0 aromatic heterocycles. The van der Waals surface area contributed by atoms with Crippen LogP contribution in [0.2, 0.25) is 0 Å². The fourth-order valence-electron chi connectivity index (χ4n) is 2.98. The second kappa shape index (κ2) is 9.69. The van der Waals surface area contributed by atoms with Crippen molar-refractivity contribution in [3.05, 3.63) is 58.7 Å². The number of carbonyl (C=O) groups excluding carboxylic acids is 1. The van der Waals surface area contributed by atoms with Gasteiger partial charge in [0.2, 0.25) is 5.88 Å². The van der Waals surface area contributed by atoms with E-state index in [4.69, 9.17) is 24.7 Å². The summed E-state index contributed by atoms with van der Waals surface area (Å²) in [6.45, 7) is 11.8. The van der Waals surface area contributed by atoms with Crippen LogP contribution in [0.3, 0.4) is 0 Å². The van der Waals surface area contributed by atoms with Crippen molar-refractivity contribution in [3.63, 3.8) is 0 Å². The summed E-state index contributed by atoms with van der Waals surface area (Å²) in [5.74, 6) is 0.00104. The molecule has 29 heavy (non-hydrogen) atoms. The van der Waals surface area contributed by atoms with E-state index in [2.05, 4.69) is 12.6 Å². The summed E-state index contributed by atoms with van der Waals surface area (Å²) in [5.41, 5.74) is 7.81. The molecule has 0 spiro atoms. The van der Waals surface area contributed by atoms with Gasteiger partial charge in [-0.15, -0.1) is 0 Å². The maximum atomic E-state index is 12.6. The standard InChI is InChI=1S/C22H26N2O5/c1-6-26-18-10-15(8-9-17(18)28-12-13(3)4)20-16(11-23)21(24)29-14(5)19(20)22(25)27-7-2/h8-10,20H,3,6-7,12,24H2,1-2,4-5H3. The molecule has 1 atom stereocenters. The molecule has 1 aromatic carbocycles. The Labute approximate surface area is 171 Å². The number of benzene rings is 1. The molecule has 1 aromatic rings. The Hall–Kier alpha value is -3.40. The Morgan fingerprint density at radius 3 is 2.59 bits per heavy atom. The van der Waals surface area contributed by atoms with Crippen LogP contribution in [-0.2, 0) is 14.3 Å². The zero-order chi connectivity index (χ0) is 21.6. The number of esters is 1.